The average Bonchev–Trinajstić information content (AvgIpc) is 3.58. The largest absolute Gasteiger partial charge is 0.756 e. The molecule has 9 nitrogen and oxygen atoms in total. The Morgan fingerprint density at radius 3 is 1.13 bits per heavy atom. The molecule has 1 amide bonds. The number of nitrogens with one attached hydrogen (secondary N) is 1. The van der Waals surface area contributed by atoms with Crippen LogP contribution in [0.5, 0.6) is 0 Å². The molecule has 0 saturated carbocycles. The molecule has 0 rings (SSSR count). The van der Waals surface area contributed by atoms with Crippen LogP contribution >= 0.6 is 7.82 Å². The van der Waals surface area contributed by atoms with Gasteiger partial charge < -0.3 is 28.5 Å². The van der Waals surface area contributed by atoms with Gasteiger partial charge in [0.15, 0.2) is 0 Å². The summed E-state index contributed by atoms with van der Waals surface area (Å²) < 4.78 is 30.4. The minimum Gasteiger partial charge on any atom is -0.756 e. The van der Waals surface area contributed by atoms with Crippen LogP contribution < -0.4 is 10.2 Å². The van der Waals surface area contributed by atoms with E-state index in [1.54, 1.807) is 0 Å². The quantitative estimate of drug-likeness (QED) is 0.0212. The molecule has 0 aliphatic carbocycles. The molecule has 0 heterocycles. The number of amides is 1. The number of rotatable bonds is 61. The van der Waals surface area contributed by atoms with Crippen molar-refractivity contribution in [2.45, 2.75) is 290 Å². The third kappa shape index (κ3) is 64.5. The van der Waals surface area contributed by atoms with Gasteiger partial charge in [-0.1, -0.05) is 277 Å². The highest BCUT2D eigenvalue weighted by Gasteiger charge is 2.27. The summed E-state index contributed by atoms with van der Waals surface area (Å²) >= 11 is 0. The van der Waals surface area contributed by atoms with E-state index in [-0.39, 0.29) is 24.9 Å². The summed E-state index contributed by atoms with van der Waals surface area (Å²) in [4.78, 5) is 40.1. The lowest BCUT2D eigenvalue weighted by atomic mass is 10.0. The van der Waals surface area contributed by atoms with Gasteiger partial charge in [0.05, 0.1) is 33.8 Å². The topological polar surface area (TPSA) is 114 Å². The molecule has 0 aromatic rings. The molecule has 10 heteroatoms. The van der Waals surface area contributed by atoms with Gasteiger partial charge in [-0.2, -0.15) is 0 Å². The third-order valence-corrected chi connectivity index (χ3v) is 15.5. The molecule has 0 aromatic carbocycles. The number of hydrogen-bond donors (Lipinski definition) is 1. The smallest absolute Gasteiger partial charge is 0.306 e. The van der Waals surface area contributed by atoms with Crippen LogP contribution in [0.25, 0.3) is 0 Å². The fourth-order valence-electron chi connectivity index (χ4n) is 9.34. The van der Waals surface area contributed by atoms with Gasteiger partial charge in [0, 0.05) is 12.8 Å². The number of likely N-dealkylation sites (N-methyl/N-ethyl adjacent to an activating group) is 1. The molecule has 0 saturated heterocycles. The van der Waals surface area contributed by atoms with Crippen molar-refractivity contribution in [3.8, 4) is 0 Å². The van der Waals surface area contributed by atoms with Crippen LogP contribution in [0.3, 0.4) is 0 Å². The normalized spacial score (nSPS) is 14.4. The number of ether oxygens (including phenoxy) is 1. The van der Waals surface area contributed by atoms with Crippen molar-refractivity contribution in [2.24, 2.45) is 0 Å². The van der Waals surface area contributed by atoms with Gasteiger partial charge in [0.25, 0.3) is 7.82 Å². The first-order chi connectivity index (χ1) is 41.4. The maximum Gasteiger partial charge on any atom is 0.306 e. The molecule has 0 aliphatic heterocycles. The van der Waals surface area contributed by atoms with Crippen molar-refractivity contribution in [1.29, 1.82) is 0 Å². The highest BCUT2D eigenvalue weighted by atomic mass is 31.2. The summed E-state index contributed by atoms with van der Waals surface area (Å²) in [6, 6.07) is -0.907. The fraction of sp³-hybridized carbons (Fsp3) is 0.680. The van der Waals surface area contributed by atoms with E-state index in [0.29, 0.717) is 23.9 Å². The lowest BCUT2D eigenvalue weighted by Crippen LogP contribution is -2.47. The van der Waals surface area contributed by atoms with E-state index in [9.17, 15) is 19.0 Å². The molecule has 3 unspecified atom stereocenters. The third-order valence-electron chi connectivity index (χ3n) is 14.6. The zero-order chi connectivity index (χ0) is 62.1. The van der Waals surface area contributed by atoms with E-state index in [2.05, 4.69) is 148 Å². The Morgan fingerprint density at radius 1 is 0.424 bits per heavy atom. The molecule has 85 heavy (non-hydrogen) atoms. The first-order valence-corrected chi connectivity index (χ1v) is 36.0. The molecular formula is C75H129N2O7P. The Morgan fingerprint density at radius 2 is 0.753 bits per heavy atom. The summed E-state index contributed by atoms with van der Waals surface area (Å²) in [5.41, 5.74) is 0. The van der Waals surface area contributed by atoms with Gasteiger partial charge in [0.1, 0.15) is 19.3 Å². The predicted octanol–water partition coefficient (Wildman–Crippen LogP) is 21.4. The first-order valence-electron chi connectivity index (χ1n) is 34.5. The number of unbranched alkanes of at least 4 members (excludes halogenated alkanes) is 25. The maximum atomic E-state index is 13.6. The Kier molecular flexibility index (Phi) is 60.3. The predicted molar refractivity (Wildman–Crippen MR) is 366 cm³/mol. The lowest BCUT2D eigenvalue weighted by Gasteiger charge is -2.30. The molecule has 0 spiro atoms. The molecule has 486 valence electrons. The van der Waals surface area contributed by atoms with Gasteiger partial charge in [-0.15, -0.1) is 0 Å². The Bertz CT molecular complexity index is 1920. The van der Waals surface area contributed by atoms with E-state index in [0.717, 1.165) is 141 Å². The van der Waals surface area contributed by atoms with E-state index in [1.165, 1.54) is 96.3 Å². The van der Waals surface area contributed by atoms with E-state index in [4.69, 9.17) is 13.8 Å². The summed E-state index contributed by atoms with van der Waals surface area (Å²) in [6.45, 7) is 6.60. The number of carbonyl (C=O) groups excluding carboxylic acids is 2. The summed E-state index contributed by atoms with van der Waals surface area (Å²) in [7, 11) is 1.16. The van der Waals surface area contributed by atoms with Crippen LogP contribution in [0.1, 0.15) is 278 Å². The average molecular weight is 1200 g/mol. The molecule has 0 fully saturated rings. The number of phosphoric acid groups is 1. The van der Waals surface area contributed by atoms with Crippen LogP contribution in [0.4, 0.5) is 0 Å². The molecule has 0 bridgehead atoms. The number of esters is 1. The minimum absolute atomic E-state index is 0.0326. The number of nitrogens with zero attached hydrogens (tertiary/aromatic N) is 1. The standard InChI is InChI=1S/C75H129N2O7P/c1-7-10-13-16-19-22-25-27-29-31-33-35-37-38-40-42-44-46-48-50-53-56-59-62-65-68-75(79)84-73(66-63-60-57-54-51-24-21-18-15-12-9-3)72(71-83-85(80,81)82-70-69-77(4,5)6)76-74(78)67-64-61-58-55-52-49-47-45-43-41-39-36-34-32-30-28-26-23-20-17-14-11-8-2/h10-11,13-14,19-20,22-23,27-30,33-36,38,40-41,43,63,66,72-73H,7-9,12,15-18,21,24-26,31-32,37,39,42,44-62,64-65,67-71H2,1-6H3,(H-,76,78,80,81)/b13-10-,14-11-,22-19-,23-20-,29-27-,30-28-,35-33-,36-34-,40-38-,43-41-,66-63+. The van der Waals surface area contributed by atoms with Crippen molar-refractivity contribution in [3.63, 3.8) is 0 Å². The summed E-state index contributed by atoms with van der Waals surface area (Å²) in [5, 5.41) is 3.03. The van der Waals surface area contributed by atoms with Crippen LogP contribution in [0.2, 0.25) is 0 Å². The summed E-state index contributed by atoms with van der Waals surface area (Å²) in [5.74, 6) is -0.567. The number of carbonyl (C=O) groups is 2. The molecule has 1 N–H and O–H groups in total. The van der Waals surface area contributed by atoms with Crippen molar-refractivity contribution in [3.05, 3.63) is 134 Å². The number of quaternary nitrogens is 1. The van der Waals surface area contributed by atoms with Crippen LogP contribution in [0, 0.1) is 0 Å². The van der Waals surface area contributed by atoms with Crippen LogP contribution in [-0.4, -0.2) is 69.4 Å². The number of allylic oxidation sites excluding steroid dienone is 21. The van der Waals surface area contributed by atoms with Gasteiger partial charge in [-0.3, -0.25) is 14.2 Å². The van der Waals surface area contributed by atoms with Gasteiger partial charge in [-0.25, -0.2) is 0 Å². The SMILES string of the molecule is CC/C=C\C/C=C\C/C=C\C/C=C\C/C=C\CCCCCCCCCCCC(=O)OC(/C=C/CCCCCCCCCCC)C(COP(=O)([O-])OCC[N+](C)(C)C)NC(=O)CCCCCCCCC/C=C\C/C=C\C/C=C\C/C=C\C/C=C\CC. The van der Waals surface area contributed by atoms with Gasteiger partial charge in [-0.05, 0) is 122 Å². The molecule has 0 radical (unpaired) electrons. The molecule has 3 atom stereocenters. The Hall–Kier alpha value is -3.85. The van der Waals surface area contributed by atoms with Gasteiger partial charge >= 0.3 is 5.97 Å². The molecule has 0 aromatic heterocycles. The van der Waals surface area contributed by atoms with E-state index >= 15 is 0 Å². The van der Waals surface area contributed by atoms with E-state index in [1.807, 2.05) is 33.3 Å². The molecule has 0 aliphatic rings. The zero-order valence-corrected chi connectivity index (χ0v) is 56.4. The molecular weight excluding hydrogens is 1070 g/mol. The summed E-state index contributed by atoms with van der Waals surface area (Å²) in [6.07, 6.45) is 90.0. The second-order valence-electron chi connectivity index (χ2n) is 23.9. The van der Waals surface area contributed by atoms with Crippen LogP contribution in [-0.2, 0) is 27.9 Å². The minimum atomic E-state index is -4.72. The fourth-order valence-corrected chi connectivity index (χ4v) is 10.1. The van der Waals surface area contributed by atoms with Crippen LogP contribution in [0.15, 0.2) is 134 Å². The highest BCUT2D eigenvalue weighted by Crippen LogP contribution is 2.38. The highest BCUT2D eigenvalue weighted by molar-refractivity contribution is 7.45. The lowest BCUT2D eigenvalue weighted by molar-refractivity contribution is -0.870. The monoisotopic (exact) mass is 1200 g/mol. The van der Waals surface area contributed by atoms with Crippen molar-refractivity contribution < 1.29 is 37.3 Å². The maximum absolute atomic E-state index is 13.6. The zero-order valence-electron chi connectivity index (χ0n) is 55.5. The van der Waals surface area contributed by atoms with Crippen molar-refractivity contribution in [2.75, 3.05) is 40.9 Å². The van der Waals surface area contributed by atoms with Gasteiger partial charge in [0.2, 0.25) is 5.91 Å². The number of hydrogen-bond acceptors (Lipinski definition) is 7. The number of phosphoric ester groups is 1. The second-order valence-corrected chi connectivity index (χ2v) is 25.3. The van der Waals surface area contributed by atoms with Crippen molar-refractivity contribution >= 4 is 19.7 Å². The first kappa shape index (κ1) is 81.2. The Labute approximate surface area is 524 Å². The van der Waals surface area contributed by atoms with E-state index < -0.39 is 26.6 Å². The second kappa shape index (κ2) is 63.2. The van der Waals surface area contributed by atoms with Crippen molar-refractivity contribution in [1.82, 2.24) is 5.32 Å². The Balaban J connectivity index is 5.12.